The van der Waals surface area contributed by atoms with Crippen LogP contribution in [0.5, 0.6) is 0 Å². The fourth-order valence-corrected chi connectivity index (χ4v) is 3.35. The SMILES string of the molecule is CC1CCCCCC1NC1CCCN(C)C1. The topological polar surface area (TPSA) is 15.3 Å². The molecule has 0 aromatic carbocycles. The summed E-state index contributed by atoms with van der Waals surface area (Å²) >= 11 is 0. The van der Waals surface area contributed by atoms with Gasteiger partial charge in [-0.25, -0.2) is 0 Å². The summed E-state index contributed by atoms with van der Waals surface area (Å²) in [6, 6.07) is 1.54. The van der Waals surface area contributed by atoms with Gasteiger partial charge in [0, 0.05) is 18.6 Å². The lowest BCUT2D eigenvalue weighted by molar-refractivity contribution is 0.200. The molecule has 1 saturated carbocycles. The number of likely N-dealkylation sites (N-methyl/N-ethyl adjacent to an activating group) is 1. The molecule has 0 amide bonds. The summed E-state index contributed by atoms with van der Waals surface area (Å²) in [5, 5.41) is 3.94. The van der Waals surface area contributed by atoms with Crippen molar-refractivity contribution in [2.24, 2.45) is 5.92 Å². The van der Waals surface area contributed by atoms with E-state index in [1.54, 1.807) is 0 Å². The molecule has 16 heavy (non-hydrogen) atoms. The molecule has 3 atom stereocenters. The quantitative estimate of drug-likeness (QED) is 0.725. The Balaban J connectivity index is 1.82. The largest absolute Gasteiger partial charge is 0.310 e. The van der Waals surface area contributed by atoms with Crippen molar-refractivity contribution in [3.63, 3.8) is 0 Å². The molecule has 2 aliphatic rings. The third-order valence-corrected chi connectivity index (χ3v) is 4.44. The number of nitrogens with one attached hydrogen (secondary N) is 1. The van der Waals surface area contributed by atoms with Crippen LogP contribution in [0.1, 0.15) is 51.9 Å². The van der Waals surface area contributed by atoms with Crippen LogP contribution < -0.4 is 5.32 Å². The van der Waals surface area contributed by atoms with Gasteiger partial charge in [-0.05, 0) is 45.2 Å². The highest BCUT2D eigenvalue weighted by atomic mass is 15.1. The number of likely N-dealkylation sites (tertiary alicyclic amines) is 1. The van der Waals surface area contributed by atoms with Crippen molar-refractivity contribution in [2.45, 2.75) is 64.0 Å². The van der Waals surface area contributed by atoms with Gasteiger partial charge in [0.2, 0.25) is 0 Å². The van der Waals surface area contributed by atoms with Crippen molar-refractivity contribution >= 4 is 0 Å². The highest BCUT2D eigenvalue weighted by molar-refractivity contribution is 4.84. The molecule has 1 aliphatic carbocycles. The van der Waals surface area contributed by atoms with Crippen LogP contribution in [0.4, 0.5) is 0 Å². The Morgan fingerprint density at radius 1 is 1.00 bits per heavy atom. The normalized spacial score (nSPS) is 38.2. The Morgan fingerprint density at radius 3 is 2.62 bits per heavy atom. The molecule has 2 heteroatoms. The summed E-state index contributed by atoms with van der Waals surface area (Å²) in [7, 11) is 2.25. The van der Waals surface area contributed by atoms with Gasteiger partial charge >= 0.3 is 0 Å². The van der Waals surface area contributed by atoms with Crippen molar-refractivity contribution in [1.29, 1.82) is 0 Å². The predicted octanol–water partition coefficient (Wildman–Crippen LogP) is 2.64. The Kier molecular flexibility index (Phi) is 4.66. The first-order valence-corrected chi connectivity index (χ1v) is 7.20. The summed E-state index contributed by atoms with van der Waals surface area (Å²) in [4.78, 5) is 2.47. The molecule has 94 valence electrons. The first-order chi connectivity index (χ1) is 7.75. The van der Waals surface area contributed by atoms with E-state index in [1.165, 1.54) is 58.0 Å². The fraction of sp³-hybridized carbons (Fsp3) is 1.00. The van der Waals surface area contributed by atoms with E-state index in [0.29, 0.717) is 0 Å². The summed E-state index contributed by atoms with van der Waals surface area (Å²) in [5.74, 6) is 0.884. The first-order valence-electron chi connectivity index (χ1n) is 7.20. The van der Waals surface area contributed by atoms with Crippen LogP contribution in [0, 0.1) is 5.92 Å². The average molecular weight is 224 g/mol. The molecule has 3 unspecified atom stereocenters. The number of hydrogen-bond donors (Lipinski definition) is 1. The van der Waals surface area contributed by atoms with Crippen LogP contribution >= 0.6 is 0 Å². The van der Waals surface area contributed by atoms with Gasteiger partial charge in [-0.1, -0.05) is 26.2 Å². The Bertz CT molecular complexity index is 205. The van der Waals surface area contributed by atoms with Gasteiger partial charge in [-0.2, -0.15) is 0 Å². The third-order valence-electron chi connectivity index (χ3n) is 4.44. The van der Waals surface area contributed by atoms with Crippen LogP contribution in [0.25, 0.3) is 0 Å². The maximum atomic E-state index is 3.94. The van der Waals surface area contributed by atoms with E-state index in [9.17, 15) is 0 Å². The first kappa shape index (κ1) is 12.4. The zero-order chi connectivity index (χ0) is 11.4. The number of rotatable bonds is 2. The lowest BCUT2D eigenvalue weighted by Gasteiger charge is -2.35. The molecule has 1 N–H and O–H groups in total. The number of nitrogens with zero attached hydrogens (tertiary/aromatic N) is 1. The van der Waals surface area contributed by atoms with E-state index < -0.39 is 0 Å². The Morgan fingerprint density at radius 2 is 1.81 bits per heavy atom. The summed E-state index contributed by atoms with van der Waals surface area (Å²) in [6.45, 7) is 4.98. The molecule has 0 aromatic rings. The fourth-order valence-electron chi connectivity index (χ4n) is 3.35. The second-order valence-corrected chi connectivity index (χ2v) is 5.99. The third kappa shape index (κ3) is 3.46. The summed E-state index contributed by atoms with van der Waals surface area (Å²) in [5.41, 5.74) is 0. The zero-order valence-corrected chi connectivity index (χ0v) is 11.0. The molecule has 1 heterocycles. The lowest BCUT2D eigenvalue weighted by Crippen LogP contribution is -2.49. The van der Waals surface area contributed by atoms with Crippen LogP contribution in [-0.2, 0) is 0 Å². The van der Waals surface area contributed by atoms with Crippen molar-refractivity contribution in [3.05, 3.63) is 0 Å². The van der Waals surface area contributed by atoms with E-state index in [4.69, 9.17) is 0 Å². The average Bonchev–Trinajstić information content (AvgIpc) is 2.45. The van der Waals surface area contributed by atoms with Crippen molar-refractivity contribution < 1.29 is 0 Å². The molecule has 2 fully saturated rings. The van der Waals surface area contributed by atoms with Crippen LogP contribution in [-0.4, -0.2) is 37.1 Å². The Labute approximate surface area is 101 Å². The second kappa shape index (κ2) is 6.02. The van der Waals surface area contributed by atoms with E-state index in [2.05, 4.69) is 24.2 Å². The monoisotopic (exact) mass is 224 g/mol. The smallest absolute Gasteiger partial charge is 0.0198 e. The highest BCUT2D eigenvalue weighted by Crippen LogP contribution is 2.24. The molecule has 1 saturated heterocycles. The molecule has 0 radical (unpaired) electrons. The van der Waals surface area contributed by atoms with Crippen molar-refractivity contribution in [2.75, 3.05) is 20.1 Å². The predicted molar refractivity (Wildman–Crippen MR) is 69.7 cm³/mol. The molecule has 0 spiro atoms. The summed E-state index contributed by atoms with van der Waals surface area (Å²) in [6.07, 6.45) is 9.92. The van der Waals surface area contributed by atoms with Crippen molar-refractivity contribution in [1.82, 2.24) is 10.2 Å². The number of piperidine rings is 1. The molecule has 0 aromatic heterocycles. The van der Waals surface area contributed by atoms with E-state index >= 15 is 0 Å². The summed E-state index contributed by atoms with van der Waals surface area (Å²) < 4.78 is 0. The molecule has 2 rings (SSSR count). The van der Waals surface area contributed by atoms with Gasteiger partial charge < -0.3 is 10.2 Å². The lowest BCUT2D eigenvalue weighted by atomic mass is 9.95. The zero-order valence-electron chi connectivity index (χ0n) is 11.0. The molecular formula is C14H28N2. The minimum absolute atomic E-state index is 0.754. The molecular weight excluding hydrogens is 196 g/mol. The molecule has 1 aliphatic heterocycles. The van der Waals surface area contributed by atoms with Gasteiger partial charge in [-0.15, -0.1) is 0 Å². The van der Waals surface area contributed by atoms with Gasteiger partial charge in [0.25, 0.3) is 0 Å². The maximum Gasteiger partial charge on any atom is 0.0198 e. The standard InChI is InChI=1S/C14H28N2/c1-12-7-4-3-5-9-14(12)15-13-8-6-10-16(2)11-13/h12-15H,3-11H2,1-2H3. The minimum Gasteiger partial charge on any atom is -0.310 e. The van der Waals surface area contributed by atoms with Crippen LogP contribution in [0.3, 0.4) is 0 Å². The highest BCUT2D eigenvalue weighted by Gasteiger charge is 2.24. The van der Waals surface area contributed by atoms with E-state index in [0.717, 1.165) is 18.0 Å². The van der Waals surface area contributed by atoms with E-state index in [-0.39, 0.29) is 0 Å². The van der Waals surface area contributed by atoms with Gasteiger partial charge in [-0.3, -0.25) is 0 Å². The van der Waals surface area contributed by atoms with Gasteiger partial charge in [0.15, 0.2) is 0 Å². The van der Waals surface area contributed by atoms with Crippen LogP contribution in [0.2, 0.25) is 0 Å². The molecule has 2 nitrogen and oxygen atoms in total. The number of hydrogen-bond acceptors (Lipinski definition) is 2. The van der Waals surface area contributed by atoms with Gasteiger partial charge in [0.05, 0.1) is 0 Å². The maximum absolute atomic E-state index is 3.94. The van der Waals surface area contributed by atoms with Gasteiger partial charge in [0.1, 0.15) is 0 Å². The Hall–Kier alpha value is -0.0800. The van der Waals surface area contributed by atoms with Crippen molar-refractivity contribution in [3.8, 4) is 0 Å². The minimum atomic E-state index is 0.754. The second-order valence-electron chi connectivity index (χ2n) is 5.99. The van der Waals surface area contributed by atoms with E-state index in [1.807, 2.05) is 0 Å². The molecule has 0 bridgehead atoms. The van der Waals surface area contributed by atoms with Crippen LogP contribution in [0.15, 0.2) is 0 Å².